The molecular formula is C21H28N2O3. The van der Waals surface area contributed by atoms with Gasteiger partial charge < -0.3 is 19.7 Å². The lowest BCUT2D eigenvalue weighted by Gasteiger charge is -2.28. The molecule has 2 amide bonds. The van der Waals surface area contributed by atoms with Crippen LogP contribution in [0.15, 0.2) is 42.5 Å². The Kier molecular flexibility index (Phi) is 6.89. The second-order valence-electron chi connectivity index (χ2n) is 6.30. The van der Waals surface area contributed by atoms with Crippen LogP contribution in [0.2, 0.25) is 0 Å². The third-order valence-electron chi connectivity index (χ3n) is 4.50. The summed E-state index contributed by atoms with van der Waals surface area (Å²) in [5, 5.41) is 3.01. The first-order valence-corrected chi connectivity index (χ1v) is 8.83. The molecule has 0 aliphatic heterocycles. The first kappa shape index (κ1) is 19.6. The molecule has 140 valence electrons. The molecule has 0 spiro atoms. The molecule has 1 atom stereocenters. The Morgan fingerprint density at radius 1 is 1.08 bits per heavy atom. The lowest BCUT2D eigenvalue weighted by molar-refractivity contribution is 0.196. The molecule has 1 N–H and O–H groups in total. The Morgan fingerprint density at radius 3 is 2.23 bits per heavy atom. The van der Waals surface area contributed by atoms with Gasteiger partial charge in [-0.3, -0.25) is 0 Å². The molecule has 0 saturated heterocycles. The van der Waals surface area contributed by atoms with Gasteiger partial charge in [-0.15, -0.1) is 0 Å². The molecule has 0 bridgehead atoms. The highest BCUT2D eigenvalue weighted by molar-refractivity contribution is 5.90. The van der Waals surface area contributed by atoms with E-state index in [1.165, 1.54) is 5.56 Å². The van der Waals surface area contributed by atoms with Crippen molar-refractivity contribution in [3.8, 4) is 11.5 Å². The number of likely N-dealkylation sites (N-methyl/N-ethyl adjacent to an activating group) is 1. The van der Waals surface area contributed by atoms with Crippen molar-refractivity contribution in [1.29, 1.82) is 0 Å². The molecule has 2 aromatic rings. The number of nitrogens with one attached hydrogen (secondary N) is 1. The number of amides is 2. The molecule has 0 aliphatic carbocycles. The van der Waals surface area contributed by atoms with Crippen LogP contribution in [0.3, 0.4) is 0 Å². The highest BCUT2D eigenvalue weighted by atomic mass is 16.5. The van der Waals surface area contributed by atoms with E-state index >= 15 is 0 Å². The molecule has 5 nitrogen and oxygen atoms in total. The Bertz CT molecular complexity index is 729. The highest BCUT2D eigenvalue weighted by Gasteiger charge is 2.19. The van der Waals surface area contributed by atoms with Gasteiger partial charge in [0.25, 0.3) is 0 Å². The number of hydrogen-bond acceptors (Lipinski definition) is 3. The number of nitrogens with zero attached hydrogens (tertiary/aromatic N) is 1. The van der Waals surface area contributed by atoms with Crippen LogP contribution in [0.25, 0.3) is 0 Å². The predicted octanol–water partition coefficient (Wildman–Crippen LogP) is 4.50. The number of carbonyl (C=O) groups is 1. The Morgan fingerprint density at radius 2 is 1.69 bits per heavy atom. The summed E-state index contributed by atoms with van der Waals surface area (Å²) in [6, 6.07) is 13.6. The number of methoxy groups -OCH3 is 2. The Balaban J connectivity index is 2.04. The summed E-state index contributed by atoms with van der Waals surface area (Å²) in [7, 11) is 3.29. The van der Waals surface area contributed by atoms with Gasteiger partial charge in [0, 0.05) is 18.3 Å². The monoisotopic (exact) mass is 356 g/mol. The van der Waals surface area contributed by atoms with E-state index in [0.29, 0.717) is 6.54 Å². The van der Waals surface area contributed by atoms with Crippen molar-refractivity contribution in [2.75, 3.05) is 26.1 Å². The topological polar surface area (TPSA) is 50.8 Å². The van der Waals surface area contributed by atoms with E-state index in [0.717, 1.165) is 29.2 Å². The average molecular weight is 356 g/mol. The van der Waals surface area contributed by atoms with Gasteiger partial charge in [0.2, 0.25) is 0 Å². The number of rotatable bonds is 7. The van der Waals surface area contributed by atoms with E-state index in [1.807, 2.05) is 61.2 Å². The summed E-state index contributed by atoms with van der Waals surface area (Å²) in [4.78, 5) is 14.6. The zero-order chi connectivity index (χ0) is 19.1. The molecule has 0 fully saturated rings. The minimum atomic E-state index is -0.0956. The fraction of sp³-hybridized carbons (Fsp3) is 0.381. The number of aryl methyl sites for hydroxylation is 1. The quantitative estimate of drug-likeness (QED) is 0.795. The highest BCUT2D eigenvalue weighted by Crippen LogP contribution is 2.22. The third-order valence-corrected chi connectivity index (χ3v) is 4.50. The fourth-order valence-corrected chi connectivity index (χ4v) is 2.96. The molecule has 1 unspecified atom stereocenters. The summed E-state index contributed by atoms with van der Waals surface area (Å²) in [6.45, 7) is 6.65. The minimum absolute atomic E-state index is 0.0759. The summed E-state index contributed by atoms with van der Waals surface area (Å²) in [5.41, 5.74) is 2.94. The van der Waals surface area contributed by atoms with Crippen LogP contribution >= 0.6 is 0 Å². The number of carbonyl (C=O) groups excluding carboxylic acids is 1. The lowest BCUT2D eigenvalue weighted by Crippen LogP contribution is -2.42. The molecular weight excluding hydrogens is 328 g/mol. The predicted molar refractivity (Wildman–Crippen MR) is 105 cm³/mol. The van der Waals surface area contributed by atoms with Crippen LogP contribution in [-0.2, 0) is 6.42 Å². The van der Waals surface area contributed by atoms with E-state index in [9.17, 15) is 4.79 Å². The van der Waals surface area contributed by atoms with Crippen LogP contribution in [0.4, 0.5) is 10.5 Å². The molecule has 0 aliphatic rings. The van der Waals surface area contributed by atoms with Crippen LogP contribution in [-0.4, -0.2) is 37.7 Å². The lowest BCUT2D eigenvalue weighted by atomic mass is 10.1. The van der Waals surface area contributed by atoms with Gasteiger partial charge in [-0.2, -0.15) is 0 Å². The molecule has 5 heteroatoms. The van der Waals surface area contributed by atoms with Crippen LogP contribution < -0.4 is 14.8 Å². The van der Waals surface area contributed by atoms with Crippen molar-refractivity contribution in [3.05, 3.63) is 53.6 Å². The fourth-order valence-electron chi connectivity index (χ4n) is 2.96. The van der Waals surface area contributed by atoms with Crippen LogP contribution in [0.1, 0.15) is 25.0 Å². The van der Waals surface area contributed by atoms with Crippen molar-refractivity contribution in [2.24, 2.45) is 0 Å². The average Bonchev–Trinajstić information content (AvgIpc) is 2.64. The van der Waals surface area contributed by atoms with Gasteiger partial charge in [0.15, 0.2) is 0 Å². The summed E-state index contributed by atoms with van der Waals surface area (Å²) < 4.78 is 10.4. The maximum atomic E-state index is 12.7. The van der Waals surface area contributed by atoms with Crippen molar-refractivity contribution in [1.82, 2.24) is 4.90 Å². The van der Waals surface area contributed by atoms with E-state index in [4.69, 9.17) is 9.47 Å². The van der Waals surface area contributed by atoms with Gasteiger partial charge in [-0.05, 0) is 68.7 Å². The maximum Gasteiger partial charge on any atom is 0.322 e. The van der Waals surface area contributed by atoms with Crippen molar-refractivity contribution in [3.63, 3.8) is 0 Å². The Hall–Kier alpha value is -2.69. The third kappa shape index (κ3) is 4.91. The molecule has 0 radical (unpaired) electrons. The maximum absolute atomic E-state index is 12.7. The normalized spacial score (nSPS) is 11.6. The molecule has 0 aromatic heterocycles. The zero-order valence-corrected chi connectivity index (χ0v) is 16.2. The Labute approximate surface area is 155 Å². The largest absolute Gasteiger partial charge is 0.497 e. The number of anilines is 1. The standard InChI is InChI=1S/C21H28N2O3/c1-6-23(16(3)14-17-7-9-18(25-4)10-8-17)21(24)22-20-12-11-19(26-5)13-15(20)2/h7-13,16H,6,14H2,1-5H3,(H,22,24). The molecule has 0 heterocycles. The number of ether oxygens (including phenoxy) is 2. The van der Waals surface area contributed by atoms with Crippen LogP contribution in [0, 0.1) is 6.92 Å². The molecule has 0 saturated carbocycles. The van der Waals surface area contributed by atoms with E-state index in [1.54, 1.807) is 14.2 Å². The van der Waals surface area contributed by atoms with Crippen molar-refractivity contribution >= 4 is 11.7 Å². The van der Waals surface area contributed by atoms with Gasteiger partial charge in [0.1, 0.15) is 11.5 Å². The smallest absolute Gasteiger partial charge is 0.322 e. The second-order valence-corrected chi connectivity index (χ2v) is 6.30. The zero-order valence-electron chi connectivity index (χ0n) is 16.2. The first-order chi connectivity index (χ1) is 12.5. The second kappa shape index (κ2) is 9.13. The van der Waals surface area contributed by atoms with Gasteiger partial charge in [-0.25, -0.2) is 4.79 Å². The summed E-state index contributed by atoms with van der Waals surface area (Å²) in [6.07, 6.45) is 0.785. The molecule has 2 rings (SSSR count). The van der Waals surface area contributed by atoms with E-state index in [-0.39, 0.29) is 12.1 Å². The number of urea groups is 1. The van der Waals surface area contributed by atoms with Crippen LogP contribution in [0.5, 0.6) is 11.5 Å². The minimum Gasteiger partial charge on any atom is -0.497 e. The summed E-state index contributed by atoms with van der Waals surface area (Å²) in [5.74, 6) is 1.61. The first-order valence-electron chi connectivity index (χ1n) is 8.83. The SMILES string of the molecule is CCN(C(=O)Nc1ccc(OC)cc1C)C(C)Cc1ccc(OC)cc1. The summed E-state index contributed by atoms with van der Waals surface area (Å²) >= 11 is 0. The van der Waals surface area contributed by atoms with E-state index in [2.05, 4.69) is 12.2 Å². The number of hydrogen-bond donors (Lipinski definition) is 1. The van der Waals surface area contributed by atoms with Gasteiger partial charge >= 0.3 is 6.03 Å². The van der Waals surface area contributed by atoms with Crippen molar-refractivity contribution < 1.29 is 14.3 Å². The van der Waals surface area contributed by atoms with Crippen molar-refractivity contribution in [2.45, 2.75) is 33.2 Å². The van der Waals surface area contributed by atoms with Gasteiger partial charge in [-0.1, -0.05) is 12.1 Å². The molecule has 26 heavy (non-hydrogen) atoms. The number of benzene rings is 2. The van der Waals surface area contributed by atoms with E-state index < -0.39 is 0 Å². The molecule has 2 aromatic carbocycles. The van der Waals surface area contributed by atoms with Gasteiger partial charge in [0.05, 0.1) is 14.2 Å².